The number of pyridine rings is 1. The second-order valence-corrected chi connectivity index (χ2v) is 6.47. The molecule has 0 aliphatic heterocycles. The SMILES string of the molecule is CCCNC(Cc1cc(Br)cs1)c1ccncc1OC. The fourth-order valence-electron chi connectivity index (χ4n) is 2.12. The standard InChI is InChI=1S/C15H19BrN2OS/c1-3-5-18-14(8-12-7-11(16)10-20-12)13-4-6-17-9-15(13)19-2/h4,6-7,9-10,14,18H,3,5,8H2,1-2H3. The Labute approximate surface area is 132 Å². The van der Waals surface area contributed by atoms with E-state index in [2.05, 4.69) is 44.6 Å². The van der Waals surface area contributed by atoms with Gasteiger partial charge in [-0.1, -0.05) is 6.92 Å². The topological polar surface area (TPSA) is 34.2 Å². The molecule has 1 N–H and O–H groups in total. The molecule has 0 radical (unpaired) electrons. The number of ether oxygens (including phenoxy) is 1. The van der Waals surface area contributed by atoms with Crippen LogP contribution in [0.5, 0.6) is 5.75 Å². The van der Waals surface area contributed by atoms with Crippen molar-refractivity contribution in [1.29, 1.82) is 0 Å². The summed E-state index contributed by atoms with van der Waals surface area (Å²) >= 11 is 5.29. The number of thiophene rings is 1. The van der Waals surface area contributed by atoms with Crippen LogP contribution < -0.4 is 10.1 Å². The summed E-state index contributed by atoms with van der Waals surface area (Å²) in [5.41, 5.74) is 1.17. The molecule has 108 valence electrons. The summed E-state index contributed by atoms with van der Waals surface area (Å²) in [7, 11) is 1.69. The predicted octanol–water partition coefficient (Wildman–Crippen LogP) is 4.20. The number of nitrogens with one attached hydrogen (secondary N) is 1. The average Bonchev–Trinajstić information content (AvgIpc) is 2.88. The van der Waals surface area contributed by atoms with E-state index in [1.165, 1.54) is 10.4 Å². The zero-order valence-electron chi connectivity index (χ0n) is 11.7. The number of aromatic nitrogens is 1. The molecule has 0 fully saturated rings. The Kier molecular flexibility index (Phi) is 6.01. The van der Waals surface area contributed by atoms with Crippen LogP contribution in [0.2, 0.25) is 0 Å². The third-order valence-electron chi connectivity index (χ3n) is 3.08. The minimum Gasteiger partial charge on any atom is -0.495 e. The van der Waals surface area contributed by atoms with E-state index in [9.17, 15) is 0 Å². The molecule has 1 unspecified atom stereocenters. The van der Waals surface area contributed by atoms with Crippen LogP contribution in [-0.2, 0) is 6.42 Å². The lowest BCUT2D eigenvalue weighted by atomic mass is 10.0. The van der Waals surface area contributed by atoms with Gasteiger partial charge in [-0.3, -0.25) is 4.98 Å². The second-order valence-electron chi connectivity index (χ2n) is 4.56. The number of hydrogen-bond donors (Lipinski definition) is 1. The van der Waals surface area contributed by atoms with Crippen LogP contribution in [0.3, 0.4) is 0 Å². The van der Waals surface area contributed by atoms with Gasteiger partial charge < -0.3 is 10.1 Å². The number of methoxy groups -OCH3 is 1. The minimum absolute atomic E-state index is 0.249. The first-order valence-corrected chi connectivity index (χ1v) is 8.36. The molecule has 2 aromatic rings. The molecule has 2 rings (SSSR count). The molecule has 5 heteroatoms. The first-order valence-electron chi connectivity index (χ1n) is 6.68. The van der Waals surface area contributed by atoms with Crippen LogP contribution in [0.15, 0.2) is 34.4 Å². The van der Waals surface area contributed by atoms with Crippen LogP contribution in [-0.4, -0.2) is 18.6 Å². The fraction of sp³-hybridized carbons (Fsp3) is 0.400. The summed E-state index contributed by atoms with van der Waals surface area (Å²) in [4.78, 5) is 5.48. The van der Waals surface area contributed by atoms with Gasteiger partial charge in [-0.2, -0.15) is 0 Å². The zero-order chi connectivity index (χ0) is 14.4. The molecule has 0 saturated carbocycles. The van der Waals surface area contributed by atoms with Crippen molar-refractivity contribution in [3.63, 3.8) is 0 Å². The van der Waals surface area contributed by atoms with Gasteiger partial charge in [0.2, 0.25) is 0 Å². The van der Waals surface area contributed by atoms with Gasteiger partial charge in [-0.25, -0.2) is 0 Å². The highest BCUT2D eigenvalue weighted by atomic mass is 79.9. The van der Waals surface area contributed by atoms with E-state index < -0.39 is 0 Å². The van der Waals surface area contributed by atoms with Crippen molar-refractivity contribution in [3.05, 3.63) is 44.8 Å². The smallest absolute Gasteiger partial charge is 0.141 e. The van der Waals surface area contributed by atoms with E-state index in [1.54, 1.807) is 24.6 Å². The van der Waals surface area contributed by atoms with Crippen molar-refractivity contribution in [3.8, 4) is 5.75 Å². The Balaban J connectivity index is 2.22. The molecule has 3 nitrogen and oxygen atoms in total. The summed E-state index contributed by atoms with van der Waals surface area (Å²) in [6.45, 7) is 3.16. The second kappa shape index (κ2) is 7.76. The van der Waals surface area contributed by atoms with Crippen molar-refractivity contribution >= 4 is 27.3 Å². The van der Waals surface area contributed by atoms with E-state index in [0.717, 1.165) is 29.6 Å². The third kappa shape index (κ3) is 4.04. The van der Waals surface area contributed by atoms with Gasteiger partial charge in [-0.15, -0.1) is 11.3 Å². The number of rotatable bonds is 7. The summed E-state index contributed by atoms with van der Waals surface area (Å²) in [6.07, 6.45) is 5.66. The van der Waals surface area contributed by atoms with Gasteiger partial charge in [0.25, 0.3) is 0 Å². The largest absolute Gasteiger partial charge is 0.495 e. The van der Waals surface area contributed by atoms with Crippen LogP contribution in [0.1, 0.15) is 29.8 Å². The molecular formula is C15H19BrN2OS. The molecule has 0 saturated heterocycles. The first kappa shape index (κ1) is 15.5. The summed E-state index contributed by atoms with van der Waals surface area (Å²) in [5.74, 6) is 0.844. The van der Waals surface area contributed by atoms with E-state index in [4.69, 9.17) is 4.74 Å². The van der Waals surface area contributed by atoms with Crippen LogP contribution >= 0.6 is 27.3 Å². The maximum atomic E-state index is 5.44. The number of halogens is 1. The highest BCUT2D eigenvalue weighted by Gasteiger charge is 2.17. The van der Waals surface area contributed by atoms with Crippen molar-refractivity contribution in [2.45, 2.75) is 25.8 Å². The van der Waals surface area contributed by atoms with E-state index in [-0.39, 0.29) is 6.04 Å². The van der Waals surface area contributed by atoms with E-state index in [0.29, 0.717) is 0 Å². The molecule has 1 atom stereocenters. The molecule has 0 aliphatic rings. The zero-order valence-corrected chi connectivity index (χ0v) is 14.1. The van der Waals surface area contributed by atoms with E-state index >= 15 is 0 Å². The molecule has 0 amide bonds. The van der Waals surface area contributed by atoms with E-state index in [1.807, 2.05) is 12.3 Å². The lowest BCUT2D eigenvalue weighted by Crippen LogP contribution is -2.24. The molecular weight excluding hydrogens is 336 g/mol. The maximum Gasteiger partial charge on any atom is 0.141 e. The lowest BCUT2D eigenvalue weighted by molar-refractivity contribution is 0.396. The van der Waals surface area contributed by atoms with Gasteiger partial charge in [0.15, 0.2) is 0 Å². The molecule has 0 spiro atoms. The van der Waals surface area contributed by atoms with Crippen molar-refractivity contribution in [2.75, 3.05) is 13.7 Å². The molecule has 0 bridgehead atoms. The predicted molar refractivity (Wildman–Crippen MR) is 87.5 cm³/mol. The monoisotopic (exact) mass is 354 g/mol. The molecule has 20 heavy (non-hydrogen) atoms. The van der Waals surface area contributed by atoms with Crippen LogP contribution in [0.25, 0.3) is 0 Å². The summed E-state index contributed by atoms with van der Waals surface area (Å²) < 4.78 is 6.59. The summed E-state index contributed by atoms with van der Waals surface area (Å²) in [5, 5.41) is 5.72. The van der Waals surface area contributed by atoms with Gasteiger partial charge in [0.1, 0.15) is 5.75 Å². The molecule has 0 aliphatic carbocycles. The molecule has 2 aromatic heterocycles. The Morgan fingerprint density at radius 2 is 2.35 bits per heavy atom. The highest BCUT2D eigenvalue weighted by Crippen LogP contribution is 2.29. The molecule has 2 heterocycles. The quantitative estimate of drug-likeness (QED) is 0.808. The molecule has 0 aromatic carbocycles. The highest BCUT2D eigenvalue weighted by molar-refractivity contribution is 9.10. The van der Waals surface area contributed by atoms with Gasteiger partial charge in [0.05, 0.1) is 13.3 Å². The Hall–Kier alpha value is -0.910. The maximum absolute atomic E-state index is 5.44. The van der Waals surface area contributed by atoms with Gasteiger partial charge >= 0.3 is 0 Å². The lowest BCUT2D eigenvalue weighted by Gasteiger charge is -2.20. The number of hydrogen-bond acceptors (Lipinski definition) is 4. The minimum atomic E-state index is 0.249. The van der Waals surface area contributed by atoms with Crippen molar-refractivity contribution in [1.82, 2.24) is 10.3 Å². The number of nitrogens with zero attached hydrogens (tertiary/aromatic N) is 1. The van der Waals surface area contributed by atoms with Crippen molar-refractivity contribution < 1.29 is 4.74 Å². The van der Waals surface area contributed by atoms with Gasteiger partial charge in [-0.05, 0) is 41.0 Å². The first-order chi connectivity index (χ1) is 9.74. The normalized spacial score (nSPS) is 12.3. The third-order valence-corrected chi connectivity index (χ3v) is 4.80. The Morgan fingerprint density at radius 1 is 1.50 bits per heavy atom. The van der Waals surface area contributed by atoms with Crippen LogP contribution in [0.4, 0.5) is 0 Å². The summed E-state index contributed by atoms with van der Waals surface area (Å²) in [6, 6.07) is 4.46. The van der Waals surface area contributed by atoms with Crippen molar-refractivity contribution in [2.24, 2.45) is 0 Å². The Morgan fingerprint density at radius 3 is 3.00 bits per heavy atom. The fourth-order valence-corrected chi connectivity index (χ4v) is 3.62. The average molecular weight is 355 g/mol. The van der Waals surface area contributed by atoms with Gasteiger partial charge in [0, 0.05) is 39.0 Å². The Bertz CT molecular complexity index is 544. The van der Waals surface area contributed by atoms with Crippen LogP contribution in [0, 0.1) is 0 Å².